The Morgan fingerprint density at radius 2 is 1.97 bits per heavy atom. The molecule has 0 saturated carbocycles. The molecule has 1 aliphatic heterocycles. The first-order valence-corrected chi connectivity index (χ1v) is 12.3. The Labute approximate surface area is 213 Å². The fraction of sp³-hybridized carbons (Fsp3) is 0.240. The standard InChI is InChI=1S/C25H23BrN2O6S/c1-5-34-24(31)21-13(2)27-25-28(22(21)16-11-17(26)19(33-4)12-18(16)32-3)23(30)20(35-25)10-14-7-6-8-15(29)9-14/h6-12,22,29H,5H2,1-4H3. The number of esters is 1. The quantitative estimate of drug-likeness (QED) is 0.466. The van der Waals surface area contributed by atoms with E-state index < -0.39 is 12.0 Å². The number of hydrogen-bond acceptors (Lipinski definition) is 8. The number of halogens is 1. The molecule has 8 nitrogen and oxygen atoms in total. The number of phenolic OH excluding ortho intramolecular Hbond substituents is 1. The zero-order chi connectivity index (χ0) is 25.3. The molecule has 2 aromatic carbocycles. The minimum atomic E-state index is -0.839. The molecule has 0 fully saturated rings. The van der Waals surface area contributed by atoms with Crippen LogP contribution in [-0.4, -0.2) is 36.5 Å². The Hall–Kier alpha value is -3.37. The summed E-state index contributed by atoms with van der Waals surface area (Å²) in [5.74, 6) is 0.516. The number of aromatic hydroxyl groups is 1. The molecular formula is C25H23BrN2O6S. The van der Waals surface area contributed by atoms with Crippen molar-refractivity contribution < 1.29 is 24.1 Å². The molecular weight excluding hydrogens is 536 g/mol. The van der Waals surface area contributed by atoms with Crippen molar-refractivity contribution in [1.82, 2.24) is 4.57 Å². The van der Waals surface area contributed by atoms with E-state index in [2.05, 4.69) is 20.9 Å². The van der Waals surface area contributed by atoms with Gasteiger partial charge in [-0.05, 0) is 59.6 Å². The van der Waals surface area contributed by atoms with Crippen LogP contribution in [0.15, 0.2) is 61.9 Å². The van der Waals surface area contributed by atoms with E-state index in [0.717, 1.165) is 0 Å². The molecule has 0 spiro atoms. The minimum absolute atomic E-state index is 0.0951. The van der Waals surface area contributed by atoms with Crippen molar-refractivity contribution in [3.63, 3.8) is 0 Å². The van der Waals surface area contributed by atoms with Crippen LogP contribution in [0.4, 0.5) is 0 Å². The number of rotatable bonds is 6. The number of ether oxygens (including phenoxy) is 3. The summed E-state index contributed by atoms with van der Waals surface area (Å²) in [6.07, 6.45) is 1.69. The van der Waals surface area contributed by atoms with Crippen LogP contribution in [0.3, 0.4) is 0 Å². The van der Waals surface area contributed by atoms with E-state index in [4.69, 9.17) is 14.2 Å². The summed E-state index contributed by atoms with van der Waals surface area (Å²) in [6, 6.07) is 9.23. The van der Waals surface area contributed by atoms with E-state index in [9.17, 15) is 14.7 Å². The van der Waals surface area contributed by atoms with Crippen molar-refractivity contribution in [2.45, 2.75) is 19.9 Å². The predicted octanol–water partition coefficient (Wildman–Crippen LogP) is 3.28. The number of nitrogens with zero attached hydrogens (tertiary/aromatic N) is 2. The van der Waals surface area contributed by atoms with E-state index in [1.165, 1.54) is 30.1 Å². The van der Waals surface area contributed by atoms with Gasteiger partial charge in [-0.25, -0.2) is 9.79 Å². The van der Waals surface area contributed by atoms with Gasteiger partial charge in [0.2, 0.25) is 0 Å². The Balaban J connectivity index is 2.03. The van der Waals surface area contributed by atoms with Gasteiger partial charge < -0.3 is 19.3 Å². The Bertz CT molecular complexity index is 1520. The van der Waals surface area contributed by atoms with Gasteiger partial charge in [0.05, 0.1) is 41.1 Å². The summed E-state index contributed by atoms with van der Waals surface area (Å²) in [4.78, 5) is 31.8. The van der Waals surface area contributed by atoms with E-state index >= 15 is 0 Å². The second kappa shape index (κ2) is 10.1. The van der Waals surface area contributed by atoms with Crippen molar-refractivity contribution in [3.05, 3.63) is 83.0 Å². The molecule has 1 aromatic heterocycles. The molecule has 182 valence electrons. The van der Waals surface area contributed by atoms with Gasteiger partial charge >= 0.3 is 5.97 Å². The lowest BCUT2D eigenvalue weighted by atomic mass is 9.95. The molecule has 4 rings (SSSR count). The predicted molar refractivity (Wildman–Crippen MR) is 136 cm³/mol. The number of phenols is 1. The van der Waals surface area contributed by atoms with Crippen LogP contribution >= 0.6 is 27.3 Å². The third-order valence-electron chi connectivity index (χ3n) is 5.48. The van der Waals surface area contributed by atoms with Gasteiger partial charge in [0, 0.05) is 11.6 Å². The first kappa shape index (κ1) is 24.7. The Morgan fingerprint density at radius 3 is 2.63 bits per heavy atom. The highest BCUT2D eigenvalue weighted by Crippen LogP contribution is 2.41. The molecule has 0 saturated heterocycles. The number of benzene rings is 2. The van der Waals surface area contributed by atoms with Crippen LogP contribution in [0.5, 0.6) is 17.2 Å². The van der Waals surface area contributed by atoms with Gasteiger partial charge in [0.15, 0.2) is 4.80 Å². The monoisotopic (exact) mass is 558 g/mol. The normalized spacial score (nSPS) is 15.5. The van der Waals surface area contributed by atoms with Crippen molar-refractivity contribution in [3.8, 4) is 17.2 Å². The van der Waals surface area contributed by atoms with Crippen LogP contribution in [-0.2, 0) is 9.53 Å². The average Bonchev–Trinajstić information content (AvgIpc) is 3.12. The zero-order valence-electron chi connectivity index (χ0n) is 19.5. The highest BCUT2D eigenvalue weighted by atomic mass is 79.9. The zero-order valence-corrected chi connectivity index (χ0v) is 21.9. The number of hydrogen-bond donors (Lipinski definition) is 1. The first-order valence-electron chi connectivity index (χ1n) is 10.7. The second-order valence-electron chi connectivity index (χ2n) is 7.63. The van der Waals surface area contributed by atoms with E-state index in [1.807, 2.05) is 0 Å². The van der Waals surface area contributed by atoms with Gasteiger partial charge in [0.25, 0.3) is 5.56 Å². The maximum atomic E-state index is 13.7. The summed E-state index contributed by atoms with van der Waals surface area (Å²) < 4.78 is 18.9. The van der Waals surface area contributed by atoms with Gasteiger partial charge in [0.1, 0.15) is 23.3 Å². The number of carbonyl (C=O) groups excluding carboxylic acids is 1. The fourth-order valence-corrected chi connectivity index (χ4v) is 5.52. The third-order valence-corrected chi connectivity index (χ3v) is 7.09. The van der Waals surface area contributed by atoms with Gasteiger partial charge in [-0.2, -0.15) is 0 Å². The molecule has 0 amide bonds. The highest BCUT2D eigenvalue weighted by Gasteiger charge is 2.35. The smallest absolute Gasteiger partial charge is 0.338 e. The molecule has 1 aliphatic rings. The molecule has 35 heavy (non-hydrogen) atoms. The minimum Gasteiger partial charge on any atom is -0.508 e. The second-order valence-corrected chi connectivity index (χ2v) is 9.49. The van der Waals surface area contributed by atoms with Crippen LogP contribution in [0.25, 0.3) is 6.08 Å². The highest BCUT2D eigenvalue weighted by molar-refractivity contribution is 9.10. The summed E-state index contributed by atoms with van der Waals surface area (Å²) in [5.41, 5.74) is 1.61. The summed E-state index contributed by atoms with van der Waals surface area (Å²) in [6.45, 7) is 3.61. The molecule has 10 heteroatoms. The number of carbonyl (C=O) groups is 1. The van der Waals surface area contributed by atoms with E-state index in [0.29, 0.717) is 42.1 Å². The third kappa shape index (κ3) is 4.63. The average molecular weight is 559 g/mol. The Kier molecular flexibility index (Phi) is 7.13. The van der Waals surface area contributed by atoms with Crippen LogP contribution in [0.1, 0.15) is 31.0 Å². The molecule has 2 heterocycles. The van der Waals surface area contributed by atoms with Crippen molar-refractivity contribution >= 4 is 39.3 Å². The Morgan fingerprint density at radius 1 is 1.23 bits per heavy atom. The van der Waals surface area contributed by atoms with E-state index in [-0.39, 0.29) is 23.5 Å². The molecule has 0 bridgehead atoms. The van der Waals surface area contributed by atoms with Gasteiger partial charge in [-0.3, -0.25) is 9.36 Å². The maximum absolute atomic E-state index is 13.7. The molecule has 1 N–H and O–H groups in total. The summed E-state index contributed by atoms with van der Waals surface area (Å²) in [5, 5.41) is 9.82. The molecule has 0 aliphatic carbocycles. The number of allylic oxidation sites excluding steroid dienone is 1. The lowest BCUT2D eigenvalue weighted by molar-refractivity contribution is -0.139. The maximum Gasteiger partial charge on any atom is 0.338 e. The van der Waals surface area contributed by atoms with Crippen LogP contribution in [0, 0.1) is 0 Å². The molecule has 1 atom stereocenters. The van der Waals surface area contributed by atoms with Crippen LogP contribution < -0.4 is 24.4 Å². The van der Waals surface area contributed by atoms with Gasteiger partial charge in [-0.1, -0.05) is 23.5 Å². The summed E-state index contributed by atoms with van der Waals surface area (Å²) in [7, 11) is 3.05. The van der Waals surface area contributed by atoms with Crippen molar-refractivity contribution in [2.24, 2.45) is 4.99 Å². The number of fused-ring (bicyclic) bond motifs is 1. The SMILES string of the molecule is CCOC(=O)C1=C(C)N=c2sc(=Cc3cccc(O)c3)c(=O)n2C1c1cc(Br)c(OC)cc1OC. The number of methoxy groups -OCH3 is 2. The van der Waals surface area contributed by atoms with Crippen LogP contribution in [0.2, 0.25) is 0 Å². The number of thiazole rings is 1. The summed E-state index contributed by atoms with van der Waals surface area (Å²) >= 11 is 4.70. The lowest BCUT2D eigenvalue weighted by Gasteiger charge is -2.26. The van der Waals surface area contributed by atoms with Gasteiger partial charge in [-0.15, -0.1) is 0 Å². The topological polar surface area (TPSA) is 99.4 Å². The fourth-order valence-electron chi connectivity index (χ4n) is 3.95. The number of aromatic nitrogens is 1. The largest absolute Gasteiger partial charge is 0.508 e. The molecule has 3 aromatic rings. The lowest BCUT2D eigenvalue weighted by Crippen LogP contribution is -2.40. The molecule has 1 unspecified atom stereocenters. The van der Waals surface area contributed by atoms with Crippen molar-refractivity contribution in [2.75, 3.05) is 20.8 Å². The first-order chi connectivity index (χ1) is 16.8. The van der Waals surface area contributed by atoms with Crippen molar-refractivity contribution in [1.29, 1.82) is 0 Å². The molecule has 0 radical (unpaired) electrons. The van der Waals surface area contributed by atoms with E-state index in [1.54, 1.807) is 56.3 Å².